The third-order valence-electron chi connectivity index (χ3n) is 7.19. The van der Waals surface area contributed by atoms with Crippen molar-refractivity contribution >= 4 is 13.9 Å². The summed E-state index contributed by atoms with van der Waals surface area (Å²) in [6.07, 6.45) is 1.76. The van der Waals surface area contributed by atoms with Crippen LogP contribution in [0.4, 0.5) is 5.82 Å². The topological polar surface area (TPSA) is 107 Å². The summed E-state index contributed by atoms with van der Waals surface area (Å²) in [6, 6.07) is 8.06. The first-order valence-corrected chi connectivity index (χ1v) is 18.0. The lowest BCUT2D eigenvalue weighted by Crippen LogP contribution is -2.41. The second-order valence-corrected chi connectivity index (χ2v) is 18.8. The molecule has 1 fully saturated rings. The molecule has 1 aromatic carbocycles. The van der Waals surface area contributed by atoms with Crippen molar-refractivity contribution < 1.29 is 14.6 Å². The molecule has 0 bridgehead atoms. The second-order valence-electron chi connectivity index (χ2n) is 13.3. The molecule has 1 aliphatic rings. The van der Waals surface area contributed by atoms with Crippen molar-refractivity contribution in [3.63, 3.8) is 0 Å². The number of nitrogens with one attached hydrogen (secondary N) is 1. The van der Waals surface area contributed by atoms with Gasteiger partial charge >= 0.3 is 0 Å². The number of nitrogens with zero attached hydrogens (tertiary/aromatic N) is 5. The second kappa shape index (κ2) is 12.0. The normalized spacial score (nSPS) is 16.6. The highest BCUT2D eigenvalue weighted by atomic mass is 28.3. The molecule has 2 N–H and O–H groups in total. The third-order valence-corrected chi connectivity index (χ3v) is 8.43. The average Bonchev–Trinajstić information content (AvgIpc) is 3.22. The Hall–Kier alpha value is -2.82. The zero-order valence-corrected chi connectivity index (χ0v) is 26.6. The smallest absolute Gasteiger partial charge is 0.162 e. The van der Waals surface area contributed by atoms with Gasteiger partial charge in [-0.3, -0.25) is 4.68 Å². The maximum absolute atomic E-state index is 10.4. The molecule has 218 valence electrons. The van der Waals surface area contributed by atoms with Crippen molar-refractivity contribution in [2.45, 2.75) is 98.4 Å². The zero-order chi connectivity index (χ0) is 29.2. The van der Waals surface area contributed by atoms with Gasteiger partial charge in [-0.2, -0.15) is 0 Å². The van der Waals surface area contributed by atoms with Gasteiger partial charge in [-0.1, -0.05) is 57.8 Å². The number of hydrogen-bond donors (Lipinski definition) is 2. The van der Waals surface area contributed by atoms with Crippen molar-refractivity contribution in [1.29, 1.82) is 0 Å². The van der Waals surface area contributed by atoms with E-state index in [4.69, 9.17) is 19.4 Å². The number of benzene rings is 1. The Balaban J connectivity index is 1.78. The van der Waals surface area contributed by atoms with Crippen molar-refractivity contribution in [3.8, 4) is 28.5 Å². The summed E-state index contributed by atoms with van der Waals surface area (Å²) < 4.78 is 13.9. The maximum atomic E-state index is 10.4. The number of aliphatic hydroxyl groups is 1. The third kappa shape index (κ3) is 7.27. The van der Waals surface area contributed by atoms with Crippen molar-refractivity contribution in [3.05, 3.63) is 35.5 Å². The highest BCUT2D eigenvalue weighted by Gasteiger charge is 2.31. The summed E-state index contributed by atoms with van der Waals surface area (Å²) in [4.78, 5) is 10.1. The Morgan fingerprint density at radius 3 is 2.45 bits per heavy atom. The molecule has 0 radical (unpaired) electrons. The summed E-state index contributed by atoms with van der Waals surface area (Å²) >= 11 is 0. The van der Waals surface area contributed by atoms with Crippen molar-refractivity contribution in [1.82, 2.24) is 25.0 Å². The Bertz CT molecular complexity index is 1310. The molecule has 0 amide bonds. The van der Waals surface area contributed by atoms with Crippen molar-refractivity contribution in [2.75, 3.05) is 18.5 Å². The average molecular weight is 567 g/mol. The van der Waals surface area contributed by atoms with Gasteiger partial charge in [0, 0.05) is 42.0 Å². The van der Waals surface area contributed by atoms with Gasteiger partial charge < -0.3 is 19.9 Å². The minimum Gasteiger partial charge on any atom is -0.487 e. The van der Waals surface area contributed by atoms with Crippen LogP contribution < -0.4 is 10.1 Å². The van der Waals surface area contributed by atoms with Gasteiger partial charge in [-0.05, 0) is 45.7 Å². The molecule has 0 spiro atoms. The van der Waals surface area contributed by atoms with Gasteiger partial charge in [-0.25, -0.2) is 9.97 Å². The van der Waals surface area contributed by atoms with E-state index in [2.05, 4.69) is 63.0 Å². The number of aromatic nitrogens is 5. The van der Waals surface area contributed by atoms with Crippen LogP contribution in [0.5, 0.6) is 5.75 Å². The van der Waals surface area contributed by atoms with Crippen LogP contribution in [0, 0.1) is 19.3 Å². The van der Waals surface area contributed by atoms with Crippen molar-refractivity contribution in [2.24, 2.45) is 5.41 Å². The molecule has 2 aromatic heterocycles. The minimum absolute atomic E-state index is 0.238. The summed E-state index contributed by atoms with van der Waals surface area (Å²) in [6.45, 7) is 20.5. The Morgan fingerprint density at radius 2 is 1.82 bits per heavy atom. The molecular weight excluding hydrogens is 520 g/mol. The summed E-state index contributed by atoms with van der Waals surface area (Å²) in [5.41, 5.74) is 4.11. The fourth-order valence-electron chi connectivity index (χ4n) is 5.08. The van der Waals surface area contributed by atoms with Crippen LogP contribution >= 0.6 is 0 Å². The van der Waals surface area contributed by atoms with Gasteiger partial charge in [0.15, 0.2) is 5.82 Å². The van der Waals surface area contributed by atoms with E-state index in [1.165, 1.54) is 0 Å². The van der Waals surface area contributed by atoms with Crippen LogP contribution in [-0.2, 0) is 10.9 Å². The van der Waals surface area contributed by atoms with E-state index >= 15 is 0 Å². The van der Waals surface area contributed by atoms with Gasteiger partial charge in [0.2, 0.25) is 0 Å². The molecule has 1 aliphatic heterocycles. The summed E-state index contributed by atoms with van der Waals surface area (Å²) in [5.74, 6) is 2.05. The molecule has 10 heteroatoms. The maximum Gasteiger partial charge on any atom is 0.162 e. The van der Waals surface area contributed by atoms with Gasteiger partial charge in [0.1, 0.15) is 29.1 Å². The molecular formula is C30H46N6O3Si. The number of anilines is 1. The highest BCUT2D eigenvalue weighted by molar-refractivity contribution is 6.74. The van der Waals surface area contributed by atoms with Crippen LogP contribution in [0.15, 0.2) is 24.3 Å². The zero-order valence-electron chi connectivity index (χ0n) is 25.6. The number of ether oxygens (including phenoxy) is 2. The van der Waals surface area contributed by atoms with Crippen LogP contribution in [-0.4, -0.2) is 69.6 Å². The summed E-state index contributed by atoms with van der Waals surface area (Å²) in [7, 11) is -1.40. The first-order valence-electron chi connectivity index (χ1n) is 14.3. The molecule has 3 heterocycles. The van der Waals surface area contributed by atoms with E-state index in [0.29, 0.717) is 11.6 Å². The first-order chi connectivity index (χ1) is 18.7. The van der Waals surface area contributed by atoms with E-state index in [-0.39, 0.29) is 17.6 Å². The molecule has 2 atom stereocenters. The largest absolute Gasteiger partial charge is 0.487 e. The quantitative estimate of drug-likeness (QED) is 0.320. The number of aliphatic hydroxyl groups excluding tert-OH is 1. The van der Waals surface area contributed by atoms with Crippen LogP contribution in [0.1, 0.15) is 51.8 Å². The molecule has 0 saturated carbocycles. The van der Waals surface area contributed by atoms with Crippen LogP contribution in [0.25, 0.3) is 22.8 Å². The molecule has 2 unspecified atom stereocenters. The van der Waals surface area contributed by atoms with E-state index in [0.717, 1.165) is 66.2 Å². The lowest BCUT2D eigenvalue weighted by molar-refractivity contribution is -0.0173. The van der Waals surface area contributed by atoms with Gasteiger partial charge in [0.05, 0.1) is 19.9 Å². The van der Waals surface area contributed by atoms with Crippen LogP contribution in [0.3, 0.4) is 0 Å². The minimum atomic E-state index is -1.40. The molecule has 40 heavy (non-hydrogen) atoms. The van der Waals surface area contributed by atoms with Gasteiger partial charge in [0.25, 0.3) is 0 Å². The standard InChI is InChI=1S/C30H46N6O3Si/c1-19-25(26-20(2)36(35-34-26)18-40(7,8)9)32-29(33-28(19)31-23-13-15-38-16-14-23)22-11-10-12-24(17-22)39-27(21(3)37)30(4,5)6/h10-12,17,21,23,27,37H,13-16,18H2,1-9H3,(H,31,32,33). The van der Waals surface area contributed by atoms with Crippen LogP contribution in [0.2, 0.25) is 19.6 Å². The molecule has 9 nitrogen and oxygen atoms in total. The fourth-order valence-corrected chi connectivity index (χ4v) is 6.28. The van der Waals surface area contributed by atoms with E-state index in [1.54, 1.807) is 6.92 Å². The SMILES string of the molecule is Cc1c(NC2CCOCC2)nc(-c2cccc(OC(C(C)O)C(C)(C)C)c2)nc1-c1nnn(C[Si](C)(C)C)c1C. The monoisotopic (exact) mass is 566 g/mol. The fraction of sp³-hybridized carbons (Fsp3) is 0.600. The molecule has 0 aliphatic carbocycles. The molecule has 4 rings (SSSR count). The van der Waals surface area contributed by atoms with E-state index in [1.807, 2.05) is 35.9 Å². The summed E-state index contributed by atoms with van der Waals surface area (Å²) in [5, 5.41) is 23.2. The lowest BCUT2D eigenvalue weighted by atomic mass is 9.86. The Labute approximate surface area is 239 Å². The van der Waals surface area contributed by atoms with E-state index < -0.39 is 14.2 Å². The van der Waals surface area contributed by atoms with Gasteiger partial charge in [-0.15, -0.1) is 5.10 Å². The molecule has 1 saturated heterocycles. The molecule has 3 aromatic rings. The first kappa shape index (κ1) is 30.1. The predicted molar refractivity (Wildman–Crippen MR) is 162 cm³/mol. The Kier molecular flexibility index (Phi) is 9.01. The Morgan fingerprint density at radius 1 is 1.12 bits per heavy atom. The lowest BCUT2D eigenvalue weighted by Gasteiger charge is -2.33. The van der Waals surface area contributed by atoms with E-state index in [9.17, 15) is 5.11 Å². The number of hydrogen-bond acceptors (Lipinski definition) is 8. The number of rotatable bonds is 9. The predicted octanol–water partition coefficient (Wildman–Crippen LogP) is 5.66. The highest BCUT2D eigenvalue weighted by Crippen LogP contribution is 2.33.